The number of nitriles is 1. The number of nitrogens with zero attached hydrogens (tertiary/aromatic N) is 5. The lowest BCUT2D eigenvalue weighted by molar-refractivity contribution is -0.165. The molecule has 190 valence electrons. The van der Waals surface area contributed by atoms with Crippen LogP contribution in [0.3, 0.4) is 0 Å². The van der Waals surface area contributed by atoms with Gasteiger partial charge in [-0.25, -0.2) is 19.3 Å². The van der Waals surface area contributed by atoms with Gasteiger partial charge in [-0.2, -0.15) is 5.26 Å². The molecule has 1 saturated heterocycles. The summed E-state index contributed by atoms with van der Waals surface area (Å²) < 4.78 is 29.6. The standard InChI is InChI=1S/C26H23Cl2FN6O2/c1-25(2)36-20-19(35-6-4-14-22(28)32-12-33-24(14)35)10-26(11-30,21(20)37-25)5-3-13-7-17(29)15-9-16(27)23(31)34-18(15)8-13/h4,6-9,12,19-21H,3,5,10H2,1-2H3,(H2,31,34)/t19-,20+,21+,26+/m1/s1. The number of rotatable bonds is 4. The van der Waals surface area contributed by atoms with Crippen molar-refractivity contribution in [1.29, 1.82) is 5.26 Å². The lowest BCUT2D eigenvalue weighted by Crippen LogP contribution is -2.35. The summed E-state index contributed by atoms with van der Waals surface area (Å²) >= 11 is 12.3. The van der Waals surface area contributed by atoms with Gasteiger partial charge in [0.15, 0.2) is 5.79 Å². The van der Waals surface area contributed by atoms with E-state index in [4.69, 9.17) is 38.4 Å². The van der Waals surface area contributed by atoms with Crippen LogP contribution in [0.4, 0.5) is 10.2 Å². The van der Waals surface area contributed by atoms with E-state index >= 15 is 0 Å². The lowest BCUT2D eigenvalue weighted by atomic mass is 9.79. The second-order valence-electron chi connectivity index (χ2n) is 10.2. The van der Waals surface area contributed by atoms with Crippen molar-refractivity contribution in [2.75, 3.05) is 5.73 Å². The minimum atomic E-state index is -0.881. The summed E-state index contributed by atoms with van der Waals surface area (Å²) in [4.78, 5) is 12.7. The van der Waals surface area contributed by atoms with Crippen molar-refractivity contribution in [3.63, 3.8) is 0 Å². The molecule has 1 aliphatic heterocycles. The summed E-state index contributed by atoms with van der Waals surface area (Å²) in [6.45, 7) is 3.69. The van der Waals surface area contributed by atoms with Crippen LogP contribution < -0.4 is 5.73 Å². The van der Waals surface area contributed by atoms with Crippen LogP contribution in [-0.2, 0) is 15.9 Å². The maximum absolute atomic E-state index is 14.9. The smallest absolute Gasteiger partial charge is 0.163 e. The average Bonchev–Trinajstić information content (AvgIpc) is 3.50. The topological polar surface area (TPSA) is 112 Å². The average molecular weight is 541 g/mol. The summed E-state index contributed by atoms with van der Waals surface area (Å²) in [5.41, 5.74) is 6.75. The number of benzene rings is 1. The minimum Gasteiger partial charge on any atom is -0.382 e. The van der Waals surface area contributed by atoms with Gasteiger partial charge in [0.1, 0.15) is 41.0 Å². The first-order valence-corrected chi connectivity index (χ1v) is 12.6. The number of hydrogen-bond acceptors (Lipinski definition) is 7. The molecule has 0 amide bonds. The van der Waals surface area contributed by atoms with Crippen LogP contribution in [0.2, 0.25) is 10.2 Å². The molecule has 2 N–H and O–H groups in total. The second kappa shape index (κ2) is 8.50. The number of pyridine rings is 1. The van der Waals surface area contributed by atoms with Gasteiger partial charge in [-0.3, -0.25) is 0 Å². The summed E-state index contributed by atoms with van der Waals surface area (Å²) in [6, 6.07) is 8.92. The number of anilines is 1. The van der Waals surface area contributed by atoms with Crippen LogP contribution in [0.1, 0.15) is 38.3 Å². The zero-order valence-electron chi connectivity index (χ0n) is 20.1. The van der Waals surface area contributed by atoms with Crippen molar-refractivity contribution < 1.29 is 13.9 Å². The van der Waals surface area contributed by atoms with Crippen LogP contribution in [0.5, 0.6) is 0 Å². The minimum absolute atomic E-state index is 0.141. The first-order valence-electron chi connectivity index (χ1n) is 11.9. The van der Waals surface area contributed by atoms with Gasteiger partial charge in [0.25, 0.3) is 0 Å². The van der Waals surface area contributed by atoms with Crippen molar-refractivity contribution in [1.82, 2.24) is 19.5 Å². The molecule has 0 spiro atoms. The van der Waals surface area contributed by atoms with Gasteiger partial charge in [0.05, 0.1) is 33.5 Å². The SMILES string of the molecule is CC1(C)O[C@H]2[C@H](n3ccc4c(Cl)ncnc43)C[C@](C#N)(CCc3cc(F)c4cc(Cl)c(N)nc4c3)[C@H]2O1. The van der Waals surface area contributed by atoms with Crippen LogP contribution in [0.15, 0.2) is 36.8 Å². The molecule has 3 aromatic heterocycles. The highest BCUT2D eigenvalue weighted by atomic mass is 35.5. The van der Waals surface area contributed by atoms with E-state index in [0.717, 1.165) is 5.39 Å². The largest absolute Gasteiger partial charge is 0.382 e. The highest BCUT2D eigenvalue weighted by Gasteiger charge is 2.62. The molecule has 0 radical (unpaired) electrons. The van der Waals surface area contributed by atoms with Gasteiger partial charge in [0, 0.05) is 11.6 Å². The molecular formula is C26H23Cl2FN6O2. The molecule has 0 bridgehead atoms. The zero-order valence-corrected chi connectivity index (χ0v) is 21.6. The molecule has 2 aliphatic rings. The van der Waals surface area contributed by atoms with E-state index in [-0.39, 0.29) is 23.0 Å². The number of nitrogens with two attached hydrogens (primary N) is 1. The number of halogens is 3. The molecule has 0 unspecified atom stereocenters. The fraction of sp³-hybridized carbons (Fsp3) is 0.385. The van der Waals surface area contributed by atoms with E-state index in [9.17, 15) is 9.65 Å². The molecule has 11 heteroatoms. The van der Waals surface area contributed by atoms with Crippen molar-refractivity contribution in [3.05, 3.63) is 58.3 Å². The van der Waals surface area contributed by atoms with Crippen molar-refractivity contribution in [2.45, 2.75) is 57.1 Å². The third kappa shape index (κ3) is 3.91. The highest BCUT2D eigenvalue weighted by molar-refractivity contribution is 6.34. The van der Waals surface area contributed by atoms with E-state index in [0.29, 0.717) is 46.5 Å². The molecular weight excluding hydrogens is 518 g/mol. The van der Waals surface area contributed by atoms with Crippen LogP contribution in [0, 0.1) is 22.6 Å². The fourth-order valence-corrected chi connectivity index (χ4v) is 6.11. The first kappa shape index (κ1) is 24.3. The number of hydrogen-bond donors (Lipinski definition) is 1. The molecule has 1 aromatic carbocycles. The number of aryl methyl sites for hydroxylation is 1. The van der Waals surface area contributed by atoms with E-state index in [1.165, 1.54) is 18.5 Å². The normalized spacial score (nSPS) is 26.5. The van der Waals surface area contributed by atoms with Gasteiger partial charge in [-0.1, -0.05) is 23.2 Å². The van der Waals surface area contributed by atoms with E-state index in [1.54, 1.807) is 6.07 Å². The number of fused-ring (bicyclic) bond motifs is 3. The van der Waals surface area contributed by atoms with E-state index in [1.807, 2.05) is 30.7 Å². The van der Waals surface area contributed by atoms with Gasteiger partial charge in [0.2, 0.25) is 0 Å². The Balaban J connectivity index is 1.36. The highest BCUT2D eigenvalue weighted by Crippen LogP contribution is 2.55. The van der Waals surface area contributed by atoms with Crippen molar-refractivity contribution in [3.8, 4) is 6.07 Å². The second-order valence-corrected chi connectivity index (χ2v) is 10.9. The molecule has 6 rings (SSSR count). The Morgan fingerprint density at radius 1 is 1.22 bits per heavy atom. The summed E-state index contributed by atoms with van der Waals surface area (Å²) in [5, 5.41) is 12.1. The molecule has 8 nitrogen and oxygen atoms in total. The zero-order chi connectivity index (χ0) is 26.1. The molecule has 37 heavy (non-hydrogen) atoms. The Morgan fingerprint density at radius 2 is 2.03 bits per heavy atom. The van der Waals surface area contributed by atoms with E-state index < -0.39 is 23.1 Å². The van der Waals surface area contributed by atoms with Gasteiger partial charge in [-0.05, 0) is 62.9 Å². The maximum Gasteiger partial charge on any atom is 0.163 e. The Kier molecular flexibility index (Phi) is 5.58. The third-order valence-corrected chi connectivity index (χ3v) is 8.05. The van der Waals surface area contributed by atoms with E-state index in [2.05, 4.69) is 21.0 Å². The van der Waals surface area contributed by atoms with Gasteiger partial charge < -0.3 is 19.8 Å². The third-order valence-electron chi connectivity index (χ3n) is 7.45. The Hall–Kier alpha value is -3.03. The van der Waals surface area contributed by atoms with Crippen LogP contribution in [0.25, 0.3) is 21.9 Å². The Labute approximate surface area is 222 Å². The first-order chi connectivity index (χ1) is 17.6. The predicted octanol–water partition coefficient (Wildman–Crippen LogP) is 5.62. The Bertz CT molecular complexity index is 1600. The molecule has 4 heterocycles. The number of nitrogen functional groups attached to an aromatic ring is 1. The van der Waals surface area contributed by atoms with Crippen molar-refractivity contribution >= 4 is 51.0 Å². The van der Waals surface area contributed by atoms with Crippen LogP contribution in [-0.4, -0.2) is 37.5 Å². The van der Waals surface area contributed by atoms with Crippen LogP contribution >= 0.6 is 23.2 Å². The quantitative estimate of drug-likeness (QED) is 0.334. The molecule has 2 fully saturated rings. The fourth-order valence-electron chi connectivity index (χ4n) is 5.77. The monoisotopic (exact) mass is 540 g/mol. The molecule has 1 aliphatic carbocycles. The summed E-state index contributed by atoms with van der Waals surface area (Å²) in [6.07, 6.45) is 3.80. The lowest BCUT2D eigenvalue weighted by Gasteiger charge is -2.29. The van der Waals surface area contributed by atoms with Gasteiger partial charge >= 0.3 is 0 Å². The molecule has 4 aromatic rings. The molecule has 1 saturated carbocycles. The summed E-state index contributed by atoms with van der Waals surface area (Å²) in [7, 11) is 0. The van der Waals surface area contributed by atoms with Crippen molar-refractivity contribution in [2.24, 2.45) is 5.41 Å². The predicted molar refractivity (Wildman–Crippen MR) is 138 cm³/mol. The number of ether oxygens (including phenoxy) is 2. The number of aromatic nitrogens is 4. The Morgan fingerprint density at radius 3 is 2.81 bits per heavy atom. The summed E-state index contributed by atoms with van der Waals surface area (Å²) in [5.74, 6) is -1.16. The van der Waals surface area contributed by atoms with Gasteiger partial charge in [-0.15, -0.1) is 0 Å². The molecule has 4 atom stereocenters. The maximum atomic E-state index is 14.9.